The van der Waals surface area contributed by atoms with Crippen molar-refractivity contribution in [2.24, 2.45) is 5.92 Å². The molecule has 3 aliphatic rings. The Hall–Kier alpha value is -0.480. The summed E-state index contributed by atoms with van der Waals surface area (Å²) >= 11 is 1.62. The molecule has 2 aliphatic heterocycles. The number of piperidine rings is 2. The van der Waals surface area contributed by atoms with Gasteiger partial charge in [0, 0.05) is 17.9 Å². The van der Waals surface area contributed by atoms with Gasteiger partial charge in [-0.15, -0.1) is 0 Å². The molecule has 0 radical (unpaired) electrons. The molecule has 1 aromatic heterocycles. The molecule has 4 rings (SSSR count). The van der Waals surface area contributed by atoms with Crippen LogP contribution in [-0.4, -0.2) is 21.9 Å². The fraction of sp³-hybridized carbons (Fsp3) is 0.833. The Labute approximate surface area is 101 Å². The van der Waals surface area contributed by atoms with Gasteiger partial charge in [-0.05, 0) is 43.3 Å². The largest absolute Gasteiger partial charge is 0.313 e. The van der Waals surface area contributed by atoms with Crippen molar-refractivity contribution in [1.29, 1.82) is 0 Å². The Bertz CT molecular complexity index is 366. The van der Waals surface area contributed by atoms with Crippen LogP contribution in [0.2, 0.25) is 0 Å². The van der Waals surface area contributed by atoms with Crippen molar-refractivity contribution in [3.63, 3.8) is 0 Å². The van der Waals surface area contributed by atoms with Gasteiger partial charge in [-0.1, -0.05) is 13.8 Å². The first-order valence-electron chi connectivity index (χ1n) is 6.31. The topological polar surface area (TPSA) is 37.8 Å². The zero-order chi connectivity index (χ0) is 11.1. The smallest absolute Gasteiger partial charge is 0.145 e. The minimum Gasteiger partial charge on any atom is -0.313 e. The fourth-order valence-corrected chi connectivity index (χ4v) is 3.88. The third-order valence-electron chi connectivity index (χ3n) is 3.92. The monoisotopic (exact) mass is 237 g/mol. The van der Waals surface area contributed by atoms with Gasteiger partial charge in [0.1, 0.15) is 10.8 Å². The van der Waals surface area contributed by atoms with Gasteiger partial charge in [0.2, 0.25) is 0 Å². The van der Waals surface area contributed by atoms with Crippen molar-refractivity contribution in [3.8, 4) is 0 Å². The van der Waals surface area contributed by atoms with Crippen molar-refractivity contribution in [2.45, 2.75) is 51.0 Å². The van der Waals surface area contributed by atoms with Crippen molar-refractivity contribution >= 4 is 11.5 Å². The molecule has 3 atom stereocenters. The zero-order valence-corrected chi connectivity index (χ0v) is 10.8. The van der Waals surface area contributed by atoms with E-state index >= 15 is 0 Å². The van der Waals surface area contributed by atoms with E-state index in [9.17, 15) is 0 Å². The summed E-state index contributed by atoms with van der Waals surface area (Å²) in [7, 11) is 0. The number of nitrogens with zero attached hydrogens (tertiary/aromatic N) is 2. The quantitative estimate of drug-likeness (QED) is 0.859. The van der Waals surface area contributed by atoms with Gasteiger partial charge in [-0.2, -0.15) is 4.37 Å². The van der Waals surface area contributed by atoms with Crippen LogP contribution in [0.3, 0.4) is 0 Å². The SMILES string of the molecule is CC(C)c1nsc(C2CC3CCC2NC3)n1. The summed E-state index contributed by atoms with van der Waals surface area (Å²) in [6.07, 6.45) is 4.06. The molecular formula is C12H19N3S. The molecule has 3 nitrogen and oxygen atoms in total. The van der Waals surface area contributed by atoms with Crippen LogP contribution in [0, 0.1) is 5.92 Å². The first-order chi connectivity index (χ1) is 7.74. The van der Waals surface area contributed by atoms with Crippen LogP contribution < -0.4 is 5.32 Å². The number of fused-ring (bicyclic) bond motifs is 3. The number of hydrogen-bond donors (Lipinski definition) is 1. The average molecular weight is 237 g/mol. The highest BCUT2D eigenvalue weighted by molar-refractivity contribution is 7.05. The van der Waals surface area contributed by atoms with Gasteiger partial charge < -0.3 is 5.32 Å². The summed E-state index contributed by atoms with van der Waals surface area (Å²) in [6, 6.07) is 0.665. The van der Waals surface area contributed by atoms with Gasteiger partial charge in [0.25, 0.3) is 0 Å². The Morgan fingerprint density at radius 3 is 2.75 bits per heavy atom. The highest BCUT2D eigenvalue weighted by Crippen LogP contribution is 2.40. The van der Waals surface area contributed by atoms with Crippen LogP contribution in [0.4, 0.5) is 0 Å². The number of hydrogen-bond acceptors (Lipinski definition) is 4. The summed E-state index contributed by atoms with van der Waals surface area (Å²) in [5.41, 5.74) is 0. The Balaban J connectivity index is 1.81. The molecule has 0 aromatic carbocycles. The predicted octanol–water partition coefficient (Wildman–Crippen LogP) is 2.52. The third-order valence-corrected chi connectivity index (χ3v) is 4.78. The first kappa shape index (κ1) is 10.7. The lowest BCUT2D eigenvalue weighted by molar-refractivity contribution is 0.182. The fourth-order valence-electron chi connectivity index (χ4n) is 2.91. The lowest BCUT2D eigenvalue weighted by Gasteiger charge is -2.42. The molecule has 3 heterocycles. The van der Waals surface area contributed by atoms with Gasteiger partial charge in [-0.25, -0.2) is 4.98 Å². The average Bonchev–Trinajstić information content (AvgIpc) is 2.80. The maximum Gasteiger partial charge on any atom is 0.145 e. The van der Waals surface area contributed by atoms with Crippen LogP contribution in [-0.2, 0) is 0 Å². The molecule has 2 saturated heterocycles. The molecule has 1 N–H and O–H groups in total. The van der Waals surface area contributed by atoms with Crippen molar-refractivity contribution in [1.82, 2.24) is 14.7 Å². The van der Waals surface area contributed by atoms with Gasteiger partial charge in [-0.3, -0.25) is 0 Å². The second kappa shape index (κ2) is 4.08. The third kappa shape index (κ3) is 1.78. The van der Waals surface area contributed by atoms with Crippen molar-refractivity contribution in [2.75, 3.05) is 6.54 Å². The molecule has 16 heavy (non-hydrogen) atoms. The molecule has 2 bridgehead atoms. The van der Waals surface area contributed by atoms with Crippen LogP contribution in [0.25, 0.3) is 0 Å². The minimum absolute atomic E-state index is 0.457. The standard InChI is InChI=1S/C12H19N3S/c1-7(2)11-14-12(16-15-11)9-5-8-3-4-10(9)13-6-8/h7-10,13H,3-6H2,1-2H3. The number of aromatic nitrogens is 2. The maximum absolute atomic E-state index is 4.72. The van der Waals surface area contributed by atoms with E-state index in [0.717, 1.165) is 11.7 Å². The summed E-state index contributed by atoms with van der Waals surface area (Å²) in [5.74, 6) is 3.00. The summed E-state index contributed by atoms with van der Waals surface area (Å²) in [4.78, 5) is 4.72. The second-order valence-electron chi connectivity index (χ2n) is 5.45. The minimum atomic E-state index is 0.457. The molecule has 1 aromatic rings. The van der Waals surface area contributed by atoms with Crippen LogP contribution in [0.5, 0.6) is 0 Å². The lowest BCUT2D eigenvalue weighted by Crippen LogP contribution is -2.48. The lowest BCUT2D eigenvalue weighted by atomic mass is 9.74. The van der Waals surface area contributed by atoms with E-state index in [1.807, 2.05) is 0 Å². The summed E-state index contributed by atoms with van der Waals surface area (Å²) < 4.78 is 4.48. The Kier molecular flexibility index (Phi) is 2.72. The highest BCUT2D eigenvalue weighted by atomic mass is 32.1. The Morgan fingerprint density at radius 1 is 1.38 bits per heavy atom. The maximum atomic E-state index is 4.72. The van der Waals surface area contributed by atoms with Crippen molar-refractivity contribution in [3.05, 3.63) is 10.8 Å². The van der Waals surface area contributed by atoms with E-state index in [1.54, 1.807) is 11.5 Å². The van der Waals surface area contributed by atoms with E-state index in [0.29, 0.717) is 17.9 Å². The predicted molar refractivity (Wildman–Crippen MR) is 65.9 cm³/mol. The van der Waals surface area contributed by atoms with Gasteiger partial charge in [0.15, 0.2) is 0 Å². The molecule has 1 saturated carbocycles. The Morgan fingerprint density at radius 2 is 2.25 bits per heavy atom. The molecule has 88 valence electrons. The normalized spacial score (nSPS) is 33.6. The van der Waals surface area contributed by atoms with Crippen LogP contribution in [0.15, 0.2) is 0 Å². The van der Waals surface area contributed by atoms with E-state index in [4.69, 9.17) is 4.98 Å². The highest BCUT2D eigenvalue weighted by Gasteiger charge is 2.37. The molecule has 0 spiro atoms. The number of nitrogens with one attached hydrogen (secondary N) is 1. The molecular weight excluding hydrogens is 218 g/mol. The van der Waals surface area contributed by atoms with Crippen LogP contribution >= 0.6 is 11.5 Å². The zero-order valence-electron chi connectivity index (χ0n) is 9.94. The van der Waals surface area contributed by atoms with Gasteiger partial charge in [0.05, 0.1) is 0 Å². The van der Waals surface area contributed by atoms with Crippen LogP contribution in [0.1, 0.15) is 55.8 Å². The number of rotatable bonds is 2. The second-order valence-corrected chi connectivity index (χ2v) is 6.23. The first-order valence-corrected chi connectivity index (χ1v) is 7.08. The molecule has 0 amide bonds. The van der Waals surface area contributed by atoms with E-state index in [2.05, 4.69) is 23.5 Å². The summed E-state index contributed by atoms with van der Waals surface area (Å²) in [6.45, 7) is 5.55. The van der Waals surface area contributed by atoms with E-state index < -0.39 is 0 Å². The van der Waals surface area contributed by atoms with E-state index in [1.165, 1.54) is 30.8 Å². The summed E-state index contributed by atoms with van der Waals surface area (Å²) in [5, 5.41) is 4.91. The van der Waals surface area contributed by atoms with Crippen molar-refractivity contribution < 1.29 is 0 Å². The molecule has 3 unspecified atom stereocenters. The molecule has 3 fully saturated rings. The molecule has 4 heteroatoms. The van der Waals surface area contributed by atoms with E-state index in [-0.39, 0.29) is 0 Å². The van der Waals surface area contributed by atoms with Gasteiger partial charge >= 0.3 is 0 Å². The molecule has 1 aliphatic carbocycles.